The van der Waals surface area contributed by atoms with E-state index >= 15 is 0 Å². The smallest absolute Gasteiger partial charge is 0.262 e. The molecule has 3 nitrogen and oxygen atoms in total. The number of hydrogen-bond donors (Lipinski definition) is 1. The summed E-state index contributed by atoms with van der Waals surface area (Å²) in [7, 11) is 0. The Morgan fingerprint density at radius 2 is 1.83 bits per heavy atom. The van der Waals surface area contributed by atoms with Crippen molar-refractivity contribution in [2.24, 2.45) is 0 Å². The van der Waals surface area contributed by atoms with Crippen LogP contribution in [0.1, 0.15) is 27.7 Å². The lowest BCUT2D eigenvalue weighted by Gasteiger charge is -2.37. The minimum absolute atomic E-state index is 0.0272. The van der Waals surface area contributed by atoms with E-state index in [1.54, 1.807) is 11.3 Å². The molecule has 0 saturated carbocycles. The van der Waals surface area contributed by atoms with E-state index in [4.69, 9.17) is 0 Å². The summed E-state index contributed by atoms with van der Waals surface area (Å²) in [6, 6.07) is 17.8. The van der Waals surface area contributed by atoms with Gasteiger partial charge in [-0.2, -0.15) is 11.3 Å². The topological polar surface area (TPSA) is 32.3 Å². The van der Waals surface area contributed by atoms with Crippen LogP contribution in [0.5, 0.6) is 0 Å². The molecule has 0 unspecified atom stereocenters. The van der Waals surface area contributed by atoms with Crippen LogP contribution in [-0.4, -0.2) is 5.91 Å². The van der Waals surface area contributed by atoms with Crippen LogP contribution in [0.25, 0.3) is 0 Å². The molecule has 0 bridgehead atoms. The normalized spacial score (nSPS) is 16.8. The van der Waals surface area contributed by atoms with Gasteiger partial charge in [0.15, 0.2) is 0 Å². The van der Waals surface area contributed by atoms with E-state index in [2.05, 4.69) is 16.8 Å². The van der Waals surface area contributed by atoms with Gasteiger partial charge in [-0.3, -0.25) is 9.69 Å². The maximum Gasteiger partial charge on any atom is 0.262 e. The summed E-state index contributed by atoms with van der Waals surface area (Å²) in [5.74, 6) is 0.0272. The molecule has 1 aromatic heterocycles. The Bertz CT molecular complexity index is 840. The van der Waals surface area contributed by atoms with E-state index in [0.717, 1.165) is 16.9 Å². The van der Waals surface area contributed by atoms with Gasteiger partial charge in [-0.25, -0.2) is 0 Å². The number of carbonyl (C=O) groups is 1. The molecule has 0 saturated heterocycles. The molecule has 2 aromatic carbocycles. The quantitative estimate of drug-likeness (QED) is 0.733. The number of nitrogens with one attached hydrogen (secondary N) is 1. The van der Waals surface area contributed by atoms with Crippen molar-refractivity contribution in [1.82, 2.24) is 0 Å². The molecule has 0 spiro atoms. The van der Waals surface area contributed by atoms with Crippen LogP contribution >= 0.6 is 11.3 Å². The van der Waals surface area contributed by atoms with Crippen LogP contribution in [0, 0.1) is 6.92 Å². The number of carbonyl (C=O) groups excluding carboxylic acids is 1. The number of rotatable bonds is 2. The Morgan fingerprint density at radius 3 is 2.57 bits per heavy atom. The highest BCUT2D eigenvalue weighted by atomic mass is 32.1. The molecule has 1 N–H and O–H groups in total. The summed E-state index contributed by atoms with van der Waals surface area (Å²) in [5.41, 5.74) is 4.77. The first-order valence-electron chi connectivity index (χ1n) is 7.52. The highest BCUT2D eigenvalue weighted by molar-refractivity contribution is 7.08. The zero-order chi connectivity index (χ0) is 15.8. The first-order valence-corrected chi connectivity index (χ1v) is 8.46. The molecule has 1 amide bonds. The lowest BCUT2D eigenvalue weighted by molar-refractivity contribution is 0.0975. The van der Waals surface area contributed by atoms with Crippen LogP contribution in [0.4, 0.5) is 11.4 Å². The number of aryl methyl sites for hydroxylation is 1. The number of hydrogen-bond acceptors (Lipinski definition) is 3. The van der Waals surface area contributed by atoms with Gasteiger partial charge < -0.3 is 5.32 Å². The molecule has 3 aromatic rings. The van der Waals surface area contributed by atoms with E-state index in [9.17, 15) is 4.79 Å². The third-order valence-electron chi connectivity index (χ3n) is 4.10. The molecule has 0 aliphatic carbocycles. The first kappa shape index (κ1) is 14.0. The molecule has 23 heavy (non-hydrogen) atoms. The number of amides is 1. The number of anilines is 2. The molecular formula is C19H16N2OS. The van der Waals surface area contributed by atoms with Crippen molar-refractivity contribution in [3.8, 4) is 0 Å². The SMILES string of the molecule is Cc1ccc(N2C(=O)c3ccccc3N[C@H]2c2ccsc2)cc1. The Labute approximate surface area is 139 Å². The zero-order valence-electron chi connectivity index (χ0n) is 12.7. The fourth-order valence-corrected chi connectivity index (χ4v) is 3.57. The Balaban J connectivity index is 1.85. The van der Waals surface area contributed by atoms with Gasteiger partial charge in [-0.05, 0) is 48.0 Å². The van der Waals surface area contributed by atoms with Crippen molar-refractivity contribution in [3.63, 3.8) is 0 Å². The first-order chi connectivity index (χ1) is 11.2. The molecule has 4 rings (SSSR count). The van der Waals surface area contributed by atoms with Gasteiger partial charge in [0.1, 0.15) is 6.17 Å². The molecule has 0 radical (unpaired) electrons. The number of fused-ring (bicyclic) bond motifs is 1. The third kappa shape index (κ3) is 2.41. The number of para-hydroxylation sites is 1. The van der Waals surface area contributed by atoms with Gasteiger partial charge in [0, 0.05) is 16.9 Å². The summed E-state index contributed by atoms with van der Waals surface area (Å²) >= 11 is 1.64. The van der Waals surface area contributed by atoms with Crippen LogP contribution in [0.15, 0.2) is 65.4 Å². The zero-order valence-corrected chi connectivity index (χ0v) is 13.5. The number of benzene rings is 2. The molecule has 4 heteroatoms. The van der Waals surface area contributed by atoms with Crippen LogP contribution < -0.4 is 10.2 Å². The summed E-state index contributed by atoms with van der Waals surface area (Å²) in [6.45, 7) is 2.05. The van der Waals surface area contributed by atoms with Crippen molar-refractivity contribution in [2.75, 3.05) is 10.2 Å². The Kier molecular flexibility index (Phi) is 3.39. The Morgan fingerprint density at radius 1 is 1.04 bits per heavy atom. The second-order valence-corrected chi connectivity index (χ2v) is 6.44. The fraction of sp³-hybridized carbons (Fsp3) is 0.105. The molecule has 2 heterocycles. The molecular weight excluding hydrogens is 304 g/mol. The summed E-state index contributed by atoms with van der Waals surface area (Å²) in [6.07, 6.45) is -0.189. The monoisotopic (exact) mass is 320 g/mol. The third-order valence-corrected chi connectivity index (χ3v) is 4.80. The van der Waals surface area contributed by atoms with Crippen LogP contribution in [0.2, 0.25) is 0 Å². The van der Waals surface area contributed by atoms with Crippen molar-refractivity contribution < 1.29 is 4.79 Å². The van der Waals surface area contributed by atoms with E-state index < -0.39 is 0 Å². The predicted octanol–water partition coefficient (Wildman–Crippen LogP) is 4.83. The maximum atomic E-state index is 13.1. The number of nitrogens with zero attached hydrogens (tertiary/aromatic N) is 1. The molecule has 0 fully saturated rings. The van der Waals surface area contributed by atoms with Gasteiger partial charge in [-0.1, -0.05) is 29.8 Å². The minimum atomic E-state index is -0.189. The van der Waals surface area contributed by atoms with E-state index in [0.29, 0.717) is 5.56 Å². The van der Waals surface area contributed by atoms with Gasteiger partial charge >= 0.3 is 0 Å². The largest absolute Gasteiger partial charge is 0.360 e. The molecule has 1 aliphatic heterocycles. The van der Waals surface area contributed by atoms with Crippen LogP contribution in [-0.2, 0) is 0 Å². The second kappa shape index (κ2) is 5.56. The molecule has 1 aliphatic rings. The van der Waals surface area contributed by atoms with Crippen molar-refractivity contribution in [2.45, 2.75) is 13.1 Å². The summed E-state index contributed by atoms with van der Waals surface area (Å²) in [4.78, 5) is 14.9. The van der Waals surface area contributed by atoms with Gasteiger partial charge in [0.05, 0.1) is 5.56 Å². The summed E-state index contributed by atoms with van der Waals surface area (Å²) in [5, 5.41) is 7.63. The highest BCUT2D eigenvalue weighted by Crippen LogP contribution is 2.37. The van der Waals surface area contributed by atoms with Gasteiger partial charge in [0.25, 0.3) is 5.91 Å². The van der Waals surface area contributed by atoms with Gasteiger partial charge in [-0.15, -0.1) is 0 Å². The van der Waals surface area contributed by atoms with Crippen molar-refractivity contribution in [3.05, 3.63) is 82.0 Å². The highest BCUT2D eigenvalue weighted by Gasteiger charge is 2.33. The lowest BCUT2D eigenvalue weighted by atomic mass is 10.0. The van der Waals surface area contributed by atoms with E-state index in [1.165, 1.54) is 5.56 Å². The van der Waals surface area contributed by atoms with Crippen LogP contribution in [0.3, 0.4) is 0 Å². The minimum Gasteiger partial charge on any atom is -0.360 e. The lowest BCUT2D eigenvalue weighted by Crippen LogP contribution is -2.43. The average molecular weight is 320 g/mol. The predicted molar refractivity (Wildman–Crippen MR) is 95.1 cm³/mol. The van der Waals surface area contributed by atoms with Crippen molar-refractivity contribution in [1.29, 1.82) is 0 Å². The maximum absolute atomic E-state index is 13.1. The van der Waals surface area contributed by atoms with E-state index in [-0.39, 0.29) is 12.1 Å². The van der Waals surface area contributed by atoms with Gasteiger partial charge in [0.2, 0.25) is 0 Å². The standard InChI is InChI=1S/C19H16N2OS/c1-13-6-8-15(9-7-13)21-18(14-10-11-23-12-14)20-17-5-3-2-4-16(17)19(21)22/h2-12,18,20H,1H3/t18-/m1/s1. The average Bonchev–Trinajstić information content (AvgIpc) is 3.10. The van der Waals surface area contributed by atoms with Crippen molar-refractivity contribution >= 4 is 28.6 Å². The fourth-order valence-electron chi connectivity index (χ4n) is 2.89. The summed E-state index contributed by atoms with van der Waals surface area (Å²) < 4.78 is 0. The number of thiophene rings is 1. The Hall–Kier alpha value is -2.59. The molecule has 114 valence electrons. The second-order valence-electron chi connectivity index (χ2n) is 5.66. The molecule has 1 atom stereocenters. The van der Waals surface area contributed by atoms with E-state index in [1.807, 2.05) is 65.7 Å².